The van der Waals surface area contributed by atoms with Crippen LogP contribution < -0.4 is 0 Å². The number of hydrogen-bond donors (Lipinski definition) is 1. The van der Waals surface area contributed by atoms with Crippen LogP contribution in [-0.2, 0) is 14.3 Å². The molecule has 1 saturated heterocycles. The molecule has 0 unspecified atom stereocenters. The number of fused-ring (bicyclic) bond motifs is 3. The summed E-state index contributed by atoms with van der Waals surface area (Å²) in [4.78, 5) is 11.8. The lowest BCUT2D eigenvalue weighted by molar-refractivity contribution is -0.151. The Kier molecular flexibility index (Phi) is 3.04. The van der Waals surface area contributed by atoms with Crippen molar-refractivity contribution in [2.45, 2.75) is 56.8 Å². The Morgan fingerprint density at radius 1 is 1.35 bits per heavy atom. The van der Waals surface area contributed by atoms with Crippen LogP contribution in [0.3, 0.4) is 0 Å². The predicted molar refractivity (Wildman–Crippen MR) is 74.0 cm³/mol. The summed E-state index contributed by atoms with van der Waals surface area (Å²) in [6.07, 6.45) is 3.11. The van der Waals surface area contributed by atoms with E-state index in [4.69, 9.17) is 9.47 Å². The highest BCUT2D eigenvalue weighted by molar-refractivity contribution is 5.90. The molecule has 4 nitrogen and oxygen atoms in total. The van der Waals surface area contributed by atoms with E-state index >= 15 is 0 Å². The van der Waals surface area contributed by atoms with E-state index in [1.165, 1.54) is 0 Å². The first-order valence-electron chi connectivity index (χ1n) is 7.47. The first kappa shape index (κ1) is 14.1. The van der Waals surface area contributed by atoms with Gasteiger partial charge in [0.2, 0.25) is 0 Å². The largest absolute Gasteiger partial charge is 0.458 e. The first-order valence-corrected chi connectivity index (χ1v) is 7.47. The molecular weight excluding hydrogens is 256 g/mol. The maximum atomic E-state index is 11.8. The van der Waals surface area contributed by atoms with Crippen LogP contribution in [-0.4, -0.2) is 35.5 Å². The number of esters is 1. The van der Waals surface area contributed by atoms with Gasteiger partial charge in [0, 0.05) is 24.5 Å². The van der Waals surface area contributed by atoms with Crippen LogP contribution in [0.15, 0.2) is 12.2 Å². The molecule has 0 amide bonds. The smallest absolute Gasteiger partial charge is 0.334 e. The third kappa shape index (κ3) is 1.77. The van der Waals surface area contributed by atoms with Gasteiger partial charge in [-0.15, -0.1) is 0 Å². The van der Waals surface area contributed by atoms with E-state index in [2.05, 4.69) is 13.5 Å². The molecule has 3 aliphatic rings. The number of carbonyl (C=O) groups excluding carboxylic acids is 1. The fourth-order valence-corrected chi connectivity index (χ4v) is 4.67. The van der Waals surface area contributed by atoms with Crippen LogP contribution in [0.4, 0.5) is 0 Å². The number of methoxy groups -OCH3 is 1. The monoisotopic (exact) mass is 280 g/mol. The van der Waals surface area contributed by atoms with E-state index < -0.39 is 5.60 Å². The van der Waals surface area contributed by atoms with Gasteiger partial charge in [-0.2, -0.15) is 0 Å². The first-order chi connectivity index (χ1) is 9.30. The lowest BCUT2D eigenvalue weighted by Crippen LogP contribution is -2.47. The van der Waals surface area contributed by atoms with Gasteiger partial charge in [-0.1, -0.05) is 6.58 Å². The molecule has 6 atom stereocenters. The molecule has 1 N–H and O–H groups in total. The average Bonchev–Trinajstić information content (AvgIpc) is 2.80. The SMILES string of the molecule is C=C1C(=O)O[C@@H]2[C@@H]3[C@@H](CC[C@@]3(C)O)[C@](C)(OC)CC[C@@H]12. The van der Waals surface area contributed by atoms with Crippen molar-refractivity contribution in [3.8, 4) is 0 Å². The summed E-state index contributed by atoms with van der Waals surface area (Å²) in [6.45, 7) is 7.89. The fourth-order valence-electron chi connectivity index (χ4n) is 4.67. The highest BCUT2D eigenvalue weighted by Gasteiger charge is 2.61. The van der Waals surface area contributed by atoms with Crippen molar-refractivity contribution in [1.29, 1.82) is 0 Å². The highest BCUT2D eigenvalue weighted by atomic mass is 16.6. The second kappa shape index (κ2) is 4.31. The summed E-state index contributed by atoms with van der Waals surface area (Å²) >= 11 is 0. The van der Waals surface area contributed by atoms with Crippen LogP contribution in [0, 0.1) is 17.8 Å². The van der Waals surface area contributed by atoms with E-state index in [0.717, 1.165) is 25.7 Å². The number of carbonyl (C=O) groups is 1. The number of aliphatic hydroxyl groups is 1. The zero-order valence-electron chi connectivity index (χ0n) is 12.5. The summed E-state index contributed by atoms with van der Waals surface area (Å²) in [7, 11) is 1.74. The quantitative estimate of drug-likeness (QED) is 0.590. The van der Waals surface area contributed by atoms with Crippen molar-refractivity contribution >= 4 is 5.97 Å². The summed E-state index contributed by atoms with van der Waals surface area (Å²) in [5, 5.41) is 10.8. The normalized spacial score (nSPS) is 51.4. The summed E-state index contributed by atoms with van der Waals surface area (Å²) in [6, 6.07) is 0. The van der Waals surface area contributed by atoms with Gasteiger partial charge in [-0.25, -0.2) is 4.79 Å². The Morgan fingerprint density at radius 2 is 2.05 bits per heavy atom. The minimum atomic E-state index is -0.803. The van der Waals surface area contributed by atoms with Gasteiger partial charge < -0.3 is 14.6 Å². The maximum Gasteiger partial charge on any atom is 0.334 e. The van der Waals surface area contributed by atoms with Crippen LogP contribution in [0.25, 0.3) is 0 Å². The summed E-state index contributed by atoms with van der Waals surface area (Å²) < 4.78 is 11.4. The van der Waals surface area contributed by atoms with Crippen molar-refractivity contribution in [1.82, 2.24) is 0 Å². The zero-order valence-corrected chi connectivity index (χ0v) is 12.5. The minimum Gasteiger partial charge on any atom is -0.458 e. The molecule has 20 heavy (non-hydrogen) atoms. The zero-order chi connectivity index (χ0) is 14.7. The molecule has 0 radical (unpaired) electrons. The Balaban J connectivity index is 2.04. The third-order valence-corrected chi connectivity index (χ3v) is 6.02. The second-order valence-electron chi connectivity index (χ2n) is 7.09. The van der Waals surface area contributed by atoms with E-state index in [1.807, 2.05) is 6.92 Å². The van der Waals surface area contributed by atoms with Gasteiger partial charge in [0.05, 0.1) is 11.2 Å². The van der Waals surface area contributed by atoms with Gasteiger partial charge in [-0.3, -0.25) is 0 Å². The van der Waals surface area contributed by atoms with Crippen molar-refractivity contribution < 1.29 is 19.4 Å². The minimum absolute atomic E-state index is 0.0246. The molecule has 4 heteroatoms. The van der Waals surface area contributed by atoms with E-state index in [1.54, 1.807) is 7.11 Å². The molecule has 2 aliphatic carbocycles. The Bertz CT molecular complexity index is 455. The van der Waals surface area contributed by atoms with Crippen molar-refractivity contribution in [3.05, 3.63) is 12.2 Å². The van der Waals surface area contributed by atoms with Gasteiger partial charge in [-0.05, 0) is 45.4 Å². The Morgan fingerprint density at radius 3 is 2.70 bits per heavy atom. The predicted octanol–water partition coefficient (Wildman–Crippen LogP) is 2.06. The molecule has 0 bridgehead atoms. The number of hydrogen-bond acceptors (Lipinski definition) is 4. The van der Waals surface area contributed by atoms with Gasteiger partial charge in [0.15, 0.2) is 0 Å². The molecule has 3 rings (SSSR count). The molecule has 0 aromatic carbocycles. The van der Waals surface area contributed by atoms with Gasteiger partial charge in [0.25, 0.3) is 0 Å². The molecule has 0 spiro atoms. The highest BCUT2D eigenvalue weighted by Crippen LogP contribution is 2.56. The fraction of sp³-hybridized carbons (Fsp3) is 0.812. The lowest BCUT2D eigenvalue weighted by Gasteiger charge is -2.40. The Hall–Kier alpha value is -0.870. The van der Waals surface area contributed by atoms with E-state index in [9.17, 15) is 9.90 Å². The number of ether oxygens (including phenoxy) is 2. The van der Waals surface area contributed by atoms with Crippen LogP contribution in [0.2, 0.25) is 0 Å². The lowest BCUT2D eigenvalue weighted by atomic mass is 9.74. The topological polar surface area (TPSA) is 55.8 Å². The van der Waals surface area contributed by atoms with E-state index in [0.29, 0.717) is 5.57 Å². The van der Waals surface area contributed by atoms with Gasteiger partial charge in [0.1, 0.15) is 6.10 Å². The standard InChI is InChI=1S/C16H24O4/c1-9-10-5-8-16(3,19-4)11-6-7-15(2,18)12(11)13(10)20-14(9)17/h10-13,18H,1,5-8H2,2-4H3/t10-,11+,12-,13-,15+,16+/m0/s1. The van der Waals surface area contributed by atoms with E-state index in [-0.39, 0.29) is 35.4 Å². The second-order valence-corrected chi connectivity index (χ2v) is 7.09. The summed E-state index contributed by atoms with van der Waals surface area (Å²) in [5.41, 5.74) is -0.498. The van der Waals surface area contributed by atoms with Crippen LogP contribution in [0.1, 0.15) is 39.5 Å². The van der Waals surface area contributed by atoms with Gasteiger partial charge >= 0.3 is 5.97 Å². The molecule has 1 heterocycles. The molecule has 1 aliphatic heterocycles. The van der Waals surface area contributed by atoms with Crippen molar-refractivity contribution in [2.75, 3.05) is 7.11 Å². The molecular formula is C16H24O4. The van der Waals surface area contributed by atoms with Crippen LogP contribution >= 0.6 is 0 Å². The van der Waals surface area contributed by atoms with Crippen LogP contribution in [0.5, 0.6) is 0 Å². The average molecular weight is 280 g/mol. The maximum absolute atomic E-state index is 11.8. The van der Waals surface area contributed by atoms with Crippen molar-refractivity contribution in [3.63, 3.8) is 0 Å². The molecule has 112 valence electrons. The third-order valence-electron chi connectivity index (χ3n) is 6.02. The van der Waals surface area contributed by atoms with Crippen molar-refractivity contribution in [2.24, 2.45) is 17.8 Å². The molecule has 0 aromatic rings. The molecule has 2 saturated carbocycles. The summed E-state index contributed by atoms with van der Waals surface area (Å²) in [5.74, 6) is -0.113. The molecule has 3 fully saturated rings. The number of rotatable bonds is 1. The molecule has 0 aromatic heterocycles. The Labute approximate surface area is 120 Å².